The molecule has 21 heavy (non-hydrogen) atoms. The predicted octanol–water partition coefficient (Wildman–Crippen LogP) is 2.47. The molecule has 2 heterocycles. The van der Waals surface area contributed by atoms with Gasteiger partial charge in [0.1, 0.15) is 5.82 Å². The second kappa shape index (κ2) is 4.94. The zero-order valence-electron chi connectivity index (χ0n) is 11.4. The fourth-order valence-electron chi connectivity index (χ4n) is 2.32. The Bertz CT molecular complexity index is 733. The van der Waals surface area contributed by atoms with Crippen LogP contribution in [0, 0.1) is 0 Å². The van der Waals surface area contributed by atoms with Crippen molar-refractivity contribution in [3.05, 3.63) is 59.3 Å². The molecule has 1 aromatic carbocycles. The molecule has 0 saturated carbocycles. The third-order valence-electron chi connectivity index (χ3n) is 3.41. The number of hydrogen-bond donors (Lipinski definition) is 0. The summed E-state index contributed by atoms with van der Waals surface area (Å²) >= 11 is 0. The number of anilines is 1. The predicted molar refractivity (Wildman–Crippen MR) is 76.4 cm³/mol. The first kappa shape index (κ1) is 13.2. The van der Waals surface area contributed by atoms with E-state index in [1.165, 1.54) is 12.3 Å². The zero-order chi connectivity index (χ0) is 15.0. The Hall–Kier alpha value is -2.82. The van der Waals surface area contributed by atoms with Gasteiger partial charge in [-0.3, -0.25) is 14.4 Å². The van der Waals surface area contributed by atoms with Crippen molar-refractivity contribution in [1.29, 1.82) is 0 Å². The summed E-state index contributed by atoms with van der Waals surface area (Å²) in [6.07, 6.45) is 1.79. The standard InChI is InChI=1S/C16H12N2O3/c1-2-13(19)10-7-8-17-14(9-10)18-15(20)11-5-3-4-6-12(11)16(18)21/h3-9H,2H2,1H3. The van der Waals surface area contributed by atoms with E-state index >= 15 is 0 Å². The maximum atomic E-state index is 12.3. The van der Waals surface area contributed by atoms with Gasteiger partial charge in [0.2, 0.25) is 0 Å². The third kappa shape index (κ3) is 2.03. The molecule has 0 radical (unpaired) electrons. The first-order valence-corrected chi connectivity index (χ1v) is 6.60. The molecule has 0 aliphatic carbocycles. The maximum absolute atomic E-state index is 12.3. The van der Waals surface area contributed by atoms with E-state index in [1.54, 1.807) is 37.3 Å². The van der Waals surface area contributed by atoms with Crippen molar-refractivity contribution in [3.63, 3.8) is 0 Å². The lowest BCUT2D eigenvalue weighted by Crippen LogP contribution is -2.30. The number of benzene rings is 1. The number of nitrogens with zero attached hydrogens (tertiary/aromatic N) is 2. The highest BCUT2D eigenvalue weighted by molar-refractivity contribution is 6.34. The van der Waals surface area contributed by atoms with Crippen molar-refractivity contribution in [3.8, 4) is 0 Å². The monoisotopic (exact) mass is 280 g/mol. The smallest absolute Gasteiger partial charge is 0.267 e. The van der Waals surface area contributed by atoms with Gasteiger partial charge in [0.15, 0.2) is 5.78 Å². The van der Waals surface area contributed by atoms with Crippen LogP contribution in [0.1, 0.15) is 44.4 Å². The highest BCUT2D eigenvalue weighted by atomic mass is 16.2. The summed E-state index contributed by atoms with van der Waals surface area (Å²) in [5.41, 5.74) is 1.16. The Morgan fingerprint density at radius 3 is 2.29 bits per heavy atom. The molecule has 5 nitrogen and oxygen atoms in total. The second-order valence-corrected chi connectivity index (χ2v) is 4.67. The van der Waals surface area contributed by atoms with E-state index in [9.17, 15) is 14.4 Å². The molecule has 0 fully saturated rings. The van der Waals surface area contributed by atoms with E-state index in [2.05, 4.69) is 4.98 Å². The fourth-order valence-corrected chi connectivity index (χ4v) is 2.32. The van der Waals surface area contributed by atoms with Crippen LogP contribution < -0.4 is 4.90 Å². The number of ketones is 1. The minimum absolute atomic E-state index is 0.0599. The molecule has 0 atom stereocenters. The first-order valence-electron chi connectivity index (χ1n) is 6.60. The van der Waals surface area contributed by atoms with Crippen LogP contribution in [0.4, 0.5) is 5.82 Å². The molecular weight excluding hydrogens is 268 g/mol. The molecule has 0 N–H and O–H groups in total. The molecule has 0 saturated heterocycles. The number of Topliss-reactive ketones (excluding diaryl/α,β-unsaturated/α-hetero) is 1. The van der Waals surface area contributed by atoms with Crippen molar-refractivity contribution in [2.75, 3.05) is 4.90 Å². The average molecular weight is 280 g/mol. The Morgan fingerprint density at radius 2 is 1.71 bits per heavy atom. The van der Waals surface area contributed by atoms with Gasteiger partial charge in [-0.05, 0) is 24.3 Å². The van der Waals surface area contributed by atoms with Crippen molar-refractivity contribution in [1.82, 2.24) is 4.98 Å². The summed E-state index contributed by atoms with van der Waals surface area (Å²) in [5.74, 6) is -0.704. The highest BCUT2D eigenvalue weighted by Gasteiger charge is 2.37. The van der Waals surface area contributed by atoms with Gasteiger partial charge in [0, 0.05) is 18.2 Å². The van der Waals surface area contributed by atoms with Crippen LogP contribution in [0.3, 0.4) is 0 Å². The van der Waals surface area contributed by atoms with E-state index in [0.717, 1.165) is 4.90 Å². The average Bonchev–Trinajstić information content (AvgIpc) is 2.78. The number of carbonyl (C=O) groups excluding carboxylic acids is 3. The molecule has 3 rings (SSSR count). The van der Waals surface area contributed by atoms with E-state index < -0.39 is 11.8 Å². The zero-order valence-corrected chi connectivity index (χ0v) is 11.4. The van der Waals surface area contributed by atoms with E-state index in [1.807, 2.05) is 0 Å². The number of pyridine rings is 1. The Kier molecular flexibility index (Phi) is 3.10. The summed E-state index contributed by atoms with van der Waals surface area (Å²) in [5, 5.41) is 0. The van der Waals surface area contributed by atoms with Crippen molar-refractivity contribution in [2.45, 2.75) is 13.3 Å². The largest absolute Gasteiger partial charge is 0.294 e. The summed E-state index contributed by atoms with van der Waals surface area (Å²) in [6, 6.07) is 9.68. The summed E-state index contributed by atoms with van der Waals surface area (Å²) in [7, 11) is 0. The second-order valence-electron chi connectivity index (χ2n) is 4.67. The lowest BCUT2D eigenvalue weighted by atomic mass is 10.1. The Labute approximate surface area is 121 Å². The van der Waals surface area contributed by atoms with Gasteiger partial charge < -0.3 is 0 Å². The van der Waals surface area contributed by atoms with Gasteiger partial charge in [-0.25, -0.2) is 9.88 Å². The van der Waals surface area contributed by atoms with Crippen molar-refractivity contribution < 1.29 is 14.4 Å². The fraction of sp³-hybridized carbons (Fsp3) is 0.125. The molecule has 2 amide bonds. The lowest BCUT2D eigenvalue weighted by molar-refractivity contribution is 0.0921. The van der Waals surface area contributed by atoms with Gasteiger partial charge in [-0.15, -0.1) is 0 Å². The topological polar surface area (TPSA) is 67.3 Å². The number of aromatic nitrogens is 1. The lowest BCUT2D eigenvalue weighted by Gasteiger charge is -2.13. The van der Waals surface area contributed by atoms with Crippen LogP contribution in [0.25, 0.3) is 0 Å². The molecule has 2 aromatic rings. The van der Waals surface area contributed by atoms with Gasteiger partial charge >= 0.3 is 0 Å². The Balaban J connectivity index is 2.05. The number of amides is 2. The number of carbonyl (C=O) groups is 3. The minimum Gasteiger partial charge on any atom is -0.294 e. The molecule has 5 heteroatoms. The third-order valence-corrected chi connectivity index (χ3v) is 3.41. The SMILES string of the molecule is CCC(=O)c1ccnc(N2C(=O)c3ccccc3C2=O)c1. The minimum atomic E-state index is -0.413. The number of imide groups is 1. The molecule has 1 aromatic heterocycles. The van der Waals surface area contributed by atoms with Crippen LogP contribution in [0.2, 0.25) is 0 Å². The Morgan fingerprint density at radius 1 is 1.10 bits per heavy atom. The van der Waals surface area contributed by atoms with Crippen LogP contribution in [0.5, 0.6) is 0 Å². The van der Waals surface area contributed by atoms with E-state index in [4.69, 9.17) is 0 Å². The molecule has 1 aliphatic heterocycles. The van der Waals surface area contributed by atoms with E-state index in [-0.39, 0.29) is 11.6 Å². The van der Waals surface area contributed by atoms with Crippen molar-refractivity contribution in [2.24, 2.45) is 0 Å². The molecular formula is C16H12N2O3. The van der Waals surface area contributed by atoms with Crippen LogP contribution in [0.15, 0.2) is 42.6 Å². The van der Waals surface area contributed by atoms with Gasteiger partial charge in [-0.2, -0.15) is 0 Å². The molecule has 0 spiro atoms. The van der Waals surface area contributed by atoms with Crippen LogP contribution in [-0.2, 0) is 0 Å². The molecule has 104 valence electrons. The summed E-state index contributed by atoms with van der Waals surface area (Å²) < 4.78 is 0. The molecule has 1 aliphatic rings. The number of rotatable bonds is 3. The molecule has 0 bridgehead atoms. The van der Waals surface area contributed by atoms with Crippen LogP contribution in [-0.4, -0.2) is 22.6 Å². The summed E-state index contributed by atoms with van der Waals surface area (Å²) in [4.78, 5) is 41.5. The van der Waals surface area contributed by atoms with Gasteiger partial charge in [0.05, 0.1) is 11.1 Å². The number of hydrogen-bond acceptors (Lipinski definition) is 4. The quantitative estimate of drug-likeness (QED) is 0.640. The number of fused-ring (bicyclic) bond motifs is 1. The maximum Gasteiger partial charge on any atom is 0.267 e. The van der Waals surface area contributed by atoms with Crippen LogP contribution >= 0.6 is 0 Å². The van der Waals surface area contributed by atoms with Crippen molar-refractivity contribution >= 4 is 23.4 Å². The van der Waals surface area contributed by atoms with Gasteiger partial charge in [-0.1, -0.05) is 19.1 Å². The van der Waals surface area contributed by atoms with E-state index in [0.29, 0.717) is 23.1 Å². The molecule has 0 unspecified atom stereocenters. The van der Waals surface area contributed by atoms with Gasteiger partial charge in [0.25, 0.3) is 11.8 Å². The highest BCUT2D eigenvalue weighted by Crippen LogP contribution is 2.27. The first-order chi connectivity index (χ1) is 10.1. The normalized spacial score (nSPS) is 13.5. The summed E-state index contributed by atoms with van der Waals surface area (Å²) in [6.45, 7) is 1.75.